The van der Waals surface area contributed by atoms with Crippen molar-refractivity contribution in [1.29, 1.82) is 0 Å². The van der Waals surface area contributed by atoms with E-state index < -0.39 is 5.92 Å². The zero-order chi connectivity index (χ0) is 9.19. The topological polar surface area (TPSA) is 38.9 Å². The van der Waals surface area contributed by atoms with Crippen LogP contribution in [0.15, 0.2) is 6.20 Å². The molecule has 0 saturated carbocycles. The highest BCUT2D eigenvalue weighted by Gasteiger charge is 2.32. The van der Waals surface area contributed by atoms with Crippen LogP contribution in [0.3, 0.4) is 0 Å². The van der Waals surface area contributed by atoms with Crippen molar-refractivity contribution in [2.45, 2.75) is 12.3 Å². The second-order valence-electron chi connectivity index (χ2n) is 2.22. The fraction of sp³-hybridized carbons (Fsp3) is 0.500. The molecule has 68 valence electrons. The van der Waals surface area contributed by atoms with E-state index in [2.05, 4.69) is 4.98 Å². The molecule has 1 heterocycles. The Morgan fingerprint density at radius 2 is 2.33 bits per heavy atom. The standard InChI is InChI=1S/C6H7ClF2N2S/c7-5-11-3-4(12-5)6(8,9)1-2-10/h3H,1-2,10H2. The summed E-state index contributed by atoms with van der Waals surface area (Å²) in [7, 11) is 0. The maximum absolute atomic E-state index is 13.0. The number of alkyl halides is 2. The molecule has 2 N–H and O–H groups in total. The summed E-state index contributed by atoms with van der Waals surface area (Å²) in [4.78, 5) is 3.40. The number of nitrogens with zero attached hydrogens (tertiary/aromatic N) is 1. The summed E-state index contributed by atoms with van der Waals surface area (Å²) in [6.45, 7) is -0.0531. The lowest BCUT2D eigenvalue weighted by atomic mass is 10.2. The molecule has 0 aromatic carbocycles. The first-order chi connectivity index (χ1) is 5.56. The Hall–Kier alpha value is -0.260. The Morgan fingerprint density at radius 1 is 1.67 bits per heavy atom. The number of hydrogen-bond acceptors (Lipinski definition) is 3. The first-order valence-corrected chi connectivity index (χ1v) is 4.45. The quantitative estimate of drug-likeness (QED) is 0.835. The third-order valence-corrected chi connectivity index (χ3v) is 2.52. The van der Waals surface area contributed by atoms with Crippen molar-refractivity contribution >= 4 is 22.9 Å². The van der Waals surface area contributed by atoms with E-state index in [9.17, 15) is 8.78 Å². The molecule has 12 heavy (non-hydrogen) atoms. The molecular formula is C6H7ClF2N2S. The molecular weight excluding hydrogens is 206 g/mol. The third-order valence-electron chi connectivity index (χ3n) is 1.30. The van der Waals surface area contributed by atoms with E-state index in [0.717, 1.165) is 17.5 Å². The van der Waals surface area contributed by atoms with Crippen molar-refractivity contribution < 1.29 is 8.78 Å². The average Bonchev–Trinajstić information content (AvgIpc) is 2.36. The molecule has 2 nitrogen and oxygen atoms in total. The second-order valence-corrected chi connectivity index (χ2v) is 3.83. The second kappa shape index (κ2) is 3.64. The Morgan fingerprint density at radius 3 is 2.75 bits per heavy atom. The van der Waals surface area contributed by atoms with Crippen LogP contribution >= 0.6 is 22.9 Å². The number of halogens is 3. The SMILES string of the molecule is NCCC(F)(F)c1cnc(Cl)s1. The summed E-state index contributed by atoms with van der Waals surface area (Å²) >= 11 is 6.19. The highest BCUT2D eigenvalue weighted by Crippen LogP contribution is 2.35. The molecule has 0 aliphatic heterocycles. The van der Waals surface area contributed by atoms with Crippen LogP contribution in [-0.2, 0) is 5.92 Å². The van der Waals surface area contributed by atoms with Crippen LogP contribution in [0.25, 0.3) is 0 Å². The van der Waals surface area contributed by atoms with Gasteiger partial charge in [-0.25, -0.2) is 13.8 Å². The van der Waals surface area contributed by atoms with E-state index in [0.29, 0.717) is 0 Å². The van der Waals surface area contributed by atoms with Gasteiger partial charge in [0, 0.05) is 12.6 Å². The van der Waals surface area contributed by atoms with Gasteiger partial charge in [-0.1, -0.05) is 11.6 Å². The van der Waals surface area contributed by atoms with Crippen LogP contribution in [-0.4, -0.2) is 11.5 Å². The van der Waals surface area contributed by atoms with Crippen molar-refractivity contribution in [2.24, 2.45) is 5.73 Å². The van der Waals surface area contributed by atoms with Gasteiger partial charge in [-0.2, -0.15) is 0 Å². The minimum absolute atomic E-state index is 0.0531. The summed E-state index contributed by atoms with van der Waals surface area (Å²) in [6.07, 6.45) is 0.716. The summed E-state index contributed by atoms with van der Waals surface area (Å²) in [5, 5.41) is 0. The van der Waals surface area contributed by atoms with Crippen molar-refractivity contribution in [2.75, 3.05) is 6.54 Å². The Labute approximate surface area is 77.4 Å². The summed E-state index contributed by atoms with van der Waals surface area (Å²) in [5.74, 6) is -2.89. The lowest BCUT2D eigenvalue weighted by molar-refractivity contribution is -0.00702. The van der Waals surface area contributed by atoms with Crippen molar-refractivity contribution in [1.82, 2.24) is 4.98 Å². The maximum atomic E-state index is 13.0. The highest BCUT2D eigenvalue weighted by molar-refractivity contribution is 7.15. The van der Waals surface area contributed by atoms with Crippen molar-refractivity contribution in [3.05, 3.63) is 15.5 Å². The van der Waals surface area contributed by atoms with Crippen molar-refractivity contribution in [3.63, 3.8) is 0 Å². The zero-order valence-corrected chi connectivity index (χ0v) is 7.63. The third kappa shape index (κ3) is 2.12. The molecule has 0 aliphatic carbocycles. The molecule has 0 saturated heterocycles. The fourth-order valence-corrected chi connectivity index (χ4v) is 1.67. The summed E-state index contributed by atoms with van der Waals surface area (Å²) in [6, 6.07) is 0. The Balaban J connectivity index is 2.81. The Kier molecular flexibility index (Phi) is 2.98. The number of rotatable bonds is 3. The van der Waals surface area contributed by atoms with Gasteiger partial charge in [0.25, 0.3) is 5.92 Å². The molecule has 0 fully saturated rings. The van der Waals surface area contributed by atoms with Gasteiger partial charge in [0.1, 0.15) is 0 Å². The zero-order valence-electron chi connectivity index (χ0n) is 6.06. The van der Waals surface area contributed by atoms with Crippen LogP contribution in [0.4, 0.5) is 8.78 Å². The molecule has 1 rings (SSSR count). The number of thiazole rings is 1. The maximum Gasteiger partial charge on any atom is 0.285 e. The van der Waals surface area contributed by atoms with Gasteiger partial charge in [-0.3, -0.25) is 0 Å². The molecule has 0 spiro atoms. The van der Waals surface area contributed by atoms with E-state index >= 15 is 0 Å². The van der Waals surface area contributed by atoms with Gasteiger partial charge in [-0.15, -0.1) is 11.3 Å². The van der Waals surface area contributed by atoms with Crippen LogP contribution < -0.4 is 5.73 Å². The van der Waals surface area contributed by atoms with Gasteiger partial charge in [-0.05, 0) is 6.54 Å². The molecule has 1 aromatic heterocycles. The number of hydrogen-bond donors (Lipinski definition) is 1. The molecule has 6 heteroatoms. The van der Waals surface area contributed by atoms with E-state index in [1.54, 1.807) is 0 Å². The summed E-state index contributed by atoms with van der Waals surface area (Å²) in [5.41, 5.74) is 5.03. The van der Waals surface area contributed by atoms with Gasteiger partial charge in [0.2, 0.25) is 0 Å². The van der Waals surface area contributed by atoms with Gasteiger partial charge >= 0.3 is 0 Å². The monoisotopic (exact) mass is 212 g/mol. The molecule has 0 atom stereocenters. The smallest absolute Gasteiger partial charge is 0.285 e. The lowest BCUT2D eigenvalue weighted by Gasteiger charge is -2.11. The van der Waals surface area contributed by atoms with E-state index in [4.69, 9.17) is 17.3 Å². The first-order valence-electron chi connectivity index (χ1n) is 3.26. The molecule has 0 unspecified atom stereocenters. The molecule has 0 radical (unpaired) electrons. The molecule has 1 aromatic rings. The minimum Gasteiger partial charge on any atom is -0.330 e. The van der Waals surface area contributed by atoms with E-state index in [1.807, 2.05) is 0 Å². The van der Waals surface area contributed by atoms with Gasteiger partial charge < -0.3 is 5.73 Å². The Bertz CT molecular complexity index is 264. The van der Waals surface area contributed by atoms with E-state index in [1.165, 1.54) is 0 Å². The van der Waals surface area contributed by atoms with Crippen LogP contribution in [0.1, 0.15) is 11.3 Å². The molecule has 0 amide bonds. The van der Waals surface area contributed by atoms with E-state index in [-0.39, 0.29) is 22.3 Å². The lowest BCUT2D eigenvalue weighted by Crippen LogP contribution is -2.17. The minimum atomic E-state index is -2.89. The van der Waals surface area contributed by atoms with Crippen LogP contribution in [0, 0.1) is 0 Å². The van der Waals surface area contributed by atoms with Crippen LogP contribution in [0.5, 0.6) is 0 Å². The van der Waals surface area contributed by atoms with Gasteiger partial charge in [0.15, 0.2) is 4.47 Å². The normalized spacial score (nSPS) is 12.0. The van der Waals surface area contributed by atoms with Gasteiger partial charge in [0.05, 0.1) is 4.88 Å². The largest absolute Gasteiger partial charge is 0.330 e. The first kappa shape index (κ1) is 9.83. The average molecular weight is 213 g/mol. The van der Waals surface area contributed by atoms with Crippen LogP contribution in [0.2, 0.25) is 4.47 Å². The fourth-order valence-electron chi connectivity index (χ4n) is 0.726. The van der Waals surface area contributed by atoms with Crippen molar-refractivity contribution in [3.8, 4) is 0 Å². The molecule has 0 aliphatic rings. The predicted molar refractivity (Wildman–Crippen MR) is 44.7 cm³/mol. The highest BCUT2D eigenvalue weighted by atomic mass is 35.5. The number of nitrogens with two attached hydrogens (primary N) is 1. The summed E-state index contributed by atoms with van der Waals surface area (Å²) < 4.78 is 26.1. The molecule has 0 bridgehead atoms. The number of aromatic nitrogens is 1. The predicted octanol–water partition coefficient (Wildman–Crippen LogP) is 2.24.